The van der Waals surface area contributed by atoms with Gasteiger partial charge in [-0.25, -0.2) is 4.39 Å². The highest BCUT2D eigenvalue weighted by molar-refractivity contribution is 9.10. The fourth-order valence-corrected chi connectivity index (χ4v) is 1.90. The minimum absolute atomic E-state index is 0.311. The SMILES string of the molecule is Fc1ccc(C(Cl)Cl)c(Br)c1. The lowest BCUT2D eigenvalue weighted by molar-refractivity contribution is 0.626. The van der Waals surface area contributed by atoms with E-state index >= 15 is 0 Å². The topological polar surface area (TPSA) is 0 Å². The molecule has 0 aliphatic rings. The Labute approximate surface area is 82.4 Å². The summed E-state index contributed by atoms with van der Waals surface area (Å²) >= 11 is 14.3. The maximum absolute atomic E-state index is 12.5. The number of hydrogen-bond donors (Lipinski definition) is 0. The Balaban J connectivity index is 3.09. The van der Waals surface area contributed by atoms with Gasteiger partial charge < -0.3 is 0 Å². The van der Waals surface area contributed by atoms with Gasteiger partial charge >= 0.3 is 0 Å². The smallest absolute Gasteiger partial charge is 0.133 e. The zero-order valence-electron chi connectivity index (χ0n) is 5.32. The van der Waals surface area contributed by atoms with Crippen molar-refractivity contribution in [3.8, 4) is 0 Å². The molecule has 1 aromatic carbocycles. The third kappa shape index (κ3) is 2.32. The fraction of sp³-hybridized carbons (Fsp3) is 0.143. The number of benzene rings is 1. The monoisotopic (exact) mass is 256 g/mol. The summed E-state index contributed by atoms with van der Waals surface area (Å²) in [6.07, 6.45) is 0. The van der Waals surface area contributed by atoms with Crippen molar-refractivity contribution in [1.29, 1.82) is 0 Å². The lowest BCUT2D eigenvalue weighted by Crippen LogP contribution is -1.84. The molecule has 0 amide bonds. The van der Waals surface area contributed by atoms with E-state index in [9.17, 15) is 4.39 Å². The van der Waals surface area contributed by atoms with E-state index in [1.165, 1.54) is 12.1 Å². The molecule has 0 spiro atoms. The Bertz CT molecular complexity index is 263. The highest BCUT2D eigenvalue weighted by Crippen LogP contribution is 2.31. The molecule has 0 aromatic heterocycles. The Hall–Kier alpha value is 0.210. The Kier molecular flexibility index (Phi) is 3.16. The molecule has 0 N–H and O–H groups in total. The second-order valence-corrected chi connectivity index (χ2v) is 3.92. The molecule has 0 saturated carbocycles. The van der Waals surface area contributed by atoms with Crippen molar-refractivity contribution in [2.75, 3.05) is 0 Å². The Morgan fingerprint density at radius 1 is 1.36 bits per heavy atom. The van der Waals surface area contributed by atoms with Gasteiger partial charge in [0.05, 0.1) is 0 Å². The molecular weight excluding hydrogens is 254 g/mol. The van der Waals surface area contributed by atoms with E-state index in [-0.39, 0.29) is 5.82 Å². The van der Waals surface area contributed by atoms with Gasteiger partial charge in [-0.1, -0.05) is 22.0 Å². The molecule has 0 fully saturated rings. The highest BCUT2D eigenvalue weighted by Gasteiger charge is 2.07. The van der Waals surface area contributed by atoms with Gasteiger partial charge in [-0.3, -0.25) is 0 Å². The Morgan fingerprint density at radius 3 is 2.45 bits per heavy atom. The maximum Gasteiger partial charge on any atom is 0.133 e. The molecule has 0 aliphatic carbocycles. The summed E-state index contributed by atoms with van der Waals surface area (Å²) in [6.45, 7) is 0. The van der Waals surface area contributed by atoms with Gasteiger partial charge in [-0.15, -0.1) is 23.2 Å². The molecule has 11 heavy (non-hydrogen) atoms. The van der Waals surface area contributed by atoms with Crippen LogP contribution in [0.25, 0.3) is 0 Å². The minimum atomic E-state index is -0.620. The molecule has 1 rings (SSSR count). The molecule has 4 heteroatoms. The third-order valence-electron chi connectivity index (χ3n) is 1.20. The first-order chi connectivity index (χ1) is 5.11. The van der Waals surface area contributed by atoms with Gasteiger partial charge in [0.1, 0.15) is 10.7 Å². The number of rotatable bonds is 1. The van der Waals surface area contributed by atoms with Crippen LogP contribution in [0.5, 0.6) is 0 Å². The largest absolute Gasteiger partial charge is 0.207 e. The van der Waals surface area contributed by atoms with Gasteiger partial charge in [0.15, 0.2) is 0 Å². The van der Waals surface area contributed by atoms with E-state index in [4.69, 9.17) is 23.2 Å². The predicted molar refractivity (Wildman–Crippen MR) is 48.5 cm³/mol. The minimum Gasteiger partial charge on any atom is -0.207 e. The zero-order valence-corrected chi connectivity index (χ0v) is 8.42. The zero-order chi connectivity index (χ0) is 8.43. The van der Waals surface area contributed by atoms with Crippen LogP contribution < -0.4 is 0 Å². The maximum atomic E-state index is 12.5. The summed E-state index contributed by atoms with van der Waals surface area (Å²) in [7, 11) is 0. The molecule has 0 radical (unpaired) electrons. The predicted octanol–water partition coefficient (Wildman–Crippen LogP) is 4.06. The van der Waals surface area contributed by atoms with Crippen LogP contribution >= 0.6 is 39.1 Å². The van der Waals surface area contributed by atoms with Crippen LogP contribution in [0.15, 0.2) is 22.7 Å². The van der Waals surface area contributed by atoms with Crippen LogP contribution in [0.2, 0.25) is 0 Å². The van der Waals surface area contributed by atoms with E-state index in [1.807, 2.05) is 0 Å². The van der Waals surface area contributed by atoms with E-state index in [0.717, 1.165) is 0 Å². The summed E-state index contributed by atoms with van der Waals surface area (Å²) in [5, 5.41) is 0. The Morgan fingerprint density at radius 2 is 2.00 bits per heavy atom. The molecular formula is C7H4BrCl2F. The van der Waals surface area contributed by atoms with Crippen molar-refractivity contribution in [2.24, 2.45) is 0 Å². The van der Waals surface area contributed by atoms with E-state index in [2.05, 4.69) is 15.9 Å². The molecule has 0 heterocycles. The summed E-state index contributed by atoms with van der Waals surface area (Å²) in [5.41, 5.74) is 0.676. The highest BCUT2D eigenvalue weighted by atomic mass is 79.9. The molecule has 0 unspecified atom stereocenters. The van der Waals surface area contributed by atoms with Crippen molar-refractivity contribution in [3.63, 3.8) is 0 Å². The molecule has 0 nitrogen and oxygen atoms in total. The first-order valence-corrected chi connectivity index (χ1v) is 4.51. The lowest BCUT2D eigenvalue weighted by atomic mass is 10.2. The lowest BCUT2D eigenvalue weighted by Gasteiger charge is -2.03. The standard InChI is InChI=1S/C7H4BrCl2F/c8-6-3-4(11)1-2-5(6)7(9)10/h1-3,7H. The van der Waals surface area contributed by atoms with Crippen molar-refractivity contribution in [1.82, 2.24) is 0 Å². The first kappa shape index (κ1) is 9.30. The fourth-order valence-electron chi connectivity index (χ4n) is 0.678. The average molecular weight is 258 g/mol. The van der Waals surface area contributed by atoms with Crippen LogP contribution in [0.4, 0.5) is 4.39 Å². The molecule has 60 valence electrons. The molecule has 0 atom stereocenters. The van der Waals surface area contributed by atoms with Gasteiger partial charge in [0.25, 0.3) is 0 Å². The normalized spacial score (nSPS) is 10.6. The molecule has 0 bridgehead atoms. The molecule has 0 saturated heterocycles. The summed E-state index contributed by atoms with van der Waals surface area (Å²) < 4.78 is 13.1. The van der Waals surface area contributed by atoms with Crippen LogP contribution in [-0.4, -0.2) is 0 Å². The summed E-state index contributed by atoms with van der Waals surface area (Å²) in [4.78, 5) is -0.620. The van der Waals surface area contributed by atoms with Crippen LogP contribution in [0.3, 0.4) is 0 Å². The number of halogens is 4. The first-order valence-electron chi connectivity index (χ1n) is 2.84. The number of alkyl halides is 2. The average Bonchev–Trinajstić information content (AvgIpc) is 1.85. The molecule has 1 aromatic rings. The van der Waals surface area contributed by atoms with Crippen LogP contribution in [0, 0.1) is 5.82 Å². The molecule has 0 aliphatic heterocycles. The van der Waals surface area contributed by atoms with Gasteiger partial charge in [-0.05, 0) is 17.7 Å². The third-order valence-corrected chi connectivity index (χ3v) is 2.35. The van der Waals surface area contributed by atoms with Crippen LogP contribution in [-0.2, 0) is 0 Å². The van der Waals surface area contributed by atoms with Gasteiger partial charge in [0, 0.05) is 4.47 Å². The summed E-state index contributed by atoms with van der Waals surface area (Å²) in [6, 6.07) is 4.19. The van der Waals surface area contributed by atoms with Gasteiger partial charge in [0.2, 0.25) is 0 Å². The van der Waals surface area contributed by atoms with Gasteiger partial charge in [-0.2, -0.15) is 0 Å². The quantitative estimate of drug-likeness (QED) is 0.666. The van der Waals surface area contributed by atoms with Crippen LogP contribution in [0.1, 0.15) is 10.4 Å². The van der Waals surface area contributed by atoms with E-state index in [1.54, 1.807) is 6.07 Å². The van der Waals surface area contributed by atoms with Crippen molar-refractivity contribution in [3.05, 3.63) is 34.1 Å². The van der Waals surface area contributed by atoms with E-state index < -0.39 is 4.84 Å². The second kappa shape index (κ2) is 3.74. The van der Waals surface area contributed by atoms with Crippen molar-refractivity contribution < 1.29 is 4.39 Å². The second-order valence-electron chi connectivity index (χ2n) is 1.97. The van der Waals surface area contributed by atoms with Crippen molar-refractivity contribution >= 4 is 39.1 Å². The number of hydrogen-bond acceptors (Lipinski definition) is 0. The van der Waals surface area contributed by atoms with E-state index in [0.29, 0.717) is 10.0 Å². The summed E-state index contributed by atoms with van der Waals surface area (Å²) in [5.74, 6) is -0.311. The van der Waals surface area contributed by atoms with Crippen molar-refractivity contribution in [2.45, 2.75) is 4.84 Å².